The molecule has 0 amide bonds. The summed E-state index contributed by atoms with van der Waals surface area (Å²) in [6, 6.07) is 0. The minimum absolute atomic E-state index is 0.448. The Labute approximate surface area is 169 Å². The monoisotopic (exact) mass is 436 g/mol. The maximum atomic E-state index is 6.99. The van der Waals surface area contributed by atoms with Crippen LogP contribution in [-0.4, -0.2) is 54.6 Å². The second-order valence-electron chi connectivity index (χ2n) is 8.14. The lowest BCUT2D eigenvalue weighted by atomic mass is 9.99. The summed E-state index contributed by atoms with van der Waals surface area (Å²) >= 11 is 0. The van der Waals surface area contributed by atoms with Gasteiger partial charge in [-0.25, -0.2) is 0 Å². The Balaban J connectivity index is 2.47. The molecule has 6 nitrogen and oxygen atoms in total. The molecule has 0 aromatic rings. The van der Waals surface area contributed by atoms with Crippen molar-refractivity contribution in [3.05, 3.63) is 0 Å². The van der Waals surface area contributed by atoms with Gasteiger partial charge in [0.15, 0.2) is 0 Å². The van der Waals surface area contributed by atoms with Crippen molar-refractivity contribution in [2.24, 2.45) is 0 Å². The molecule has 0 bridgehead atoms. The van der Waals surface area contributed by atoms with E-state index in [4.69, 9.17) is 25.9 Å². The highest BCUT2D eigenvalue weighted by Gasteiger charge is 2.60. The van der Waals surface area contributed by atoms with Gasteiger partial charge in [-0.05, 0) is 25.7 Å². The standard InChI is InChI=1S/C18H40O6Si3/c1-19-25(5,20-2)23-27(17-13-9-7-10-14-17,18-15-11-8-12-16-18)24-26(6,21-3)22-4/h17-18H,7-16H2,1-6H3. The first kappa shape index (κ1) is 23.7. The summed E-state index contributed by atoms with van der Waals surface area (Å²) in [7, 11) is -1.50. The van der Waals surface area contributed by atoms with Crippen molar-refractivity contribution in [2.45, 2.75) is 88.4 Å². The van der Waals surface area contributed by atoms with E-state index in [0.717, 1.165) is 0 Å². The van der Waals surface area contributed by atoms with Gasteiger partial charge in [-0.1, -0.05) is 38.5 Å². The second kappa shape index (κ2) is 10.4. The average molecular weight is 437 g/mol. The third-order valence-electron chi connectivity index (χ3n) is 6.52. The molecule has 2 saturated carbocycles. The zero-order chi connectivity index (χ0) is 20.0. The summed E-state index contributed by atoms with van der Waals surface area (Å²) in [4.78, 5) is 0. The summed E-state index contributed by atoms with van der Waals surface area (Å²) in [5.74, 6) is 0. The Morgan fingerprint density at radius 3 is 1.07 bits per heavy atom. The molecule has 0 aliphatic heterocycles. The molecule has 0 radical (unpaired) electrons. The highest BCUT2D eigenvalue weighted by Crippen LogP contribution is 2.51. The van der Waals surface area contributed by atoms with Crippen molar-refractivity contribution in [1.29, 1.82) is 0 Å². The Kier molecular flexibility index (Phi) is 9.16. The van der Waals surface area contributed by atoms with Gasteiger partial charge in [0.25, 0.3) is 0 Å². The molecule has 0 aromatic carbocycles. The van der Waals surface area contributed by atoms with Gasteiger partial charge in [0, 0.05) is 52.6 Å². The van der Waals surface area contributed by atoms with Crippen LogP contribution in [0.5, 0.6) is 0 Å². The van der Waals surface area contributed by atoms with E-state index in [9.17, 15) is 0 Å². The molecule has 0 atom stereocenters. The highest BCUT2D eigenvalue weighted by molar-refractivity contribution is 6.85. The molecule has 0 N–H and O–H groups in total. The minimum atomic E-state index is -2.78. The molecule has 0 aromatic heterocycles. The molecular formula is C18H40O6Si3. The Morgan fingerprint density at radius 2 is 0.815 bits per heavy atom. The molecule has 160 valence electrons. The topological polar surface area (TPSA) is 55.4 Å². The summed E-state index contributed by atoms with van der Waals surface area (Å²) in [5, 5.41) is 0. The summed E-state index contributed by atoms with van der Waals surface area (Å²) in [5.41, 5.74) is 0.896. The fourth-order valence-electron chi connectivity index (χ4n) is 4.61. The molecule has 9 heteroatoms. The van der Waals surface area contributed by atoms with Gasteiger partial charge in [-0.2, -0.15) is 0 Å². The first-order chi connectivity index (χ1) is 12.9. The molecule has 27 heavy (non-hydrogen) atoms. The summed E-state index contributed by atoms with van der Waals surface area (Å²) in [6.07, 6.45) is 12.2. The lowest BCUT2D eigenvalue weighted by Gasteiger charge is -2.50. The predicted octanol–water partition coefficient (Wildman–Crippen LogP) is 4.85. The van der Waals surface area contributed by atoms with E-state index in [2.05, 4.69) is 0 Å². The highest BCUT2D eigenvalue weighted by atomic mass is 28.5. The van der Waals surface area contributed by atoms with Crippen molar-refractivity contribution < 1.29 is 25.9 Å². The van der Waals surface area contributed by atoms with Crippen LogP contribution in [-0.2, 0) is 25.9 Å². The second-order valence-corrected chi connectivity index (χ2v) is 17.9. The van der Waals surface area contributed by atoms with Crippen LogP contribution in [0.2, 0.25) is 24.2 Å². The Morgan fingerprint density at radius 1 is 0.519 bits per heavy atom. The van der Waals surface area contributed by atoms with Crippen molar-refractivity contribution in [3.8, 4) is 0 Å². The molecule has 0 spiro atoms. The van der Waals surface area contributed by atoms with E-state index in [0.29, 0.717) is 11.1 Å². The van der Waals surface area contributed by atoms with Crippen LogP contribution < -0.4 is 0 Å². The van der Waals surface area contributed by atoms with Crippen molar-refractivity contribution >= 4 is 26.2 Å². The SMILES string of the molecule is CO[Si](C)(OC)O[Si](O[Si](C)(OC)OC)(C1CCCCC1)C1CCCCC1. The molecular weight excluding hydrogens is 396 g/mol. The van der Waals surface area contributed by atoms with E-state index < -0.39 is 26.2 Å². The fourth-order valence-corrected chi connectivity index (χ4v) is 17.2. The third-order valence-corrected chi connectivity index (χ3v) is 18.4. The van der Waals surface area contributed by atoms with Crippen LogP contribution in [0.1, 0.15) is 64.2 Å². The smallest absolute Gasteiger partial charge is 0.393 e. The number of rotatable bonds is 10. The average Bonchev–Trinajstić information content (AvgIpc) is 2.74. The zero-order valence-electron chi connectivity index (χ0n) is 18.2. The van der Waals surface area contributed by atoms with Crippen LogP contribution in [0.15, 0.2) is 0 Å². The van der Waals surface area contributed by atoms with Gasteiger partial charge in [0.1, 0.15) is 0 Å². The molecule has 0 saturated heterocycles. The van der Waals surface area contributed by atoms with Crippen molar-refractivity contribution in [1.82, 2.24) is 0 Å². The van der Waals surface area contributed by atoms with Gasteiger partial charge < -0.3 is 25.9 Å². The van der Waals surface area contributed by atoms with Gasteiger partial charge in [-0.15, -0.1) is 0 Å². The minimum Gasteiger partial charge on any atom is -0.393 e. The zero-order valence-corrected chi connectivity index (χ0v) is 21.2. The number of hydrogen-bond donors (Lipinski definition) is 0. The van der Waals surface area contributed by atoms with Gasteiger partial charge in [-0.3, -0.25) is 0 Å². The molecule has 2 fully saturated rings. The van der Waals surface area contributed by atoms with Crippen molar-refractivity contribution in [2.75, 3.05) is 28.4 Å². The van der Waals surface area contributed by atoms with Crippen LogP contribution >= 0.6 is 0 Å². The Bertz CT molecular complexity index is 393. The van der Waals surface area contributed by atoms with Crippen LogP contribution in [0, 0.1) is 0 Å². The van der Waals surface area contributed by atoms with Gasteiger partial charge in [0.2, 0.25) is 0 Å². The molecule has 0 unspecified atom stereocenters. The number of hydrogen-bond acceptors (Lipinski definition) is 6. The molecule has 2 rings (SSSR count). The van der Waals surface area contributed by atoms with Gasteiger partial charge >= 0.3 is 26.2 Å². The quantitative estimate of drug-likeness (QED) is 0.456. The van der Waals surface area contributed by atoms with E-state index in [1.165, 1.54) is 64.2 Å². The van der Waals surface area contributed by atoms with Crippen LogP contribution in [0.3, 0.4) is 0 Å². The summed E-state index contributed by atoms with van der Waals surface area (Å²) in [6.45, 7) is 3.98. The lowest BCUT2D eigenvalue weighted by Crippen LogP contribution is -2.65. The van der Waals surface area contributed by atoms with Crippen LogP contribution in [0.4, 0.5) is 0 Å². The molecule has 2 aliphatic rings. The lowest BCUT2D eigenvalue weighted by molar-refractivity contribution is 0.106. The van der Waals surface area contributed by atoms with Gasteiger partial charge in [0.05, 0.1) is 0 Å². The maximum Gasteiger partial charge on any atom is 0.488 e. The largest absolute Gasteiger partial charge is 0.488 e. The Hall–Kier alpha value is 0.411. The third kappa shape index (κ3) is 5.73. The van der Waals surface area contributed by atoms with E-state index in [1.807, 2.05) is 13.1 Å². The first-order valence-electron chi connectivity index (χ1n) is 10.5. The van der Waals surface area contributed by atoms with E-state index >= 15 is 0 Å². The van der Waals surface area contributed by atoms with E-state index in [-0.39, 0.29) is 0 Å². The van der Waals surface area contributed by atoms with Crippen molar-refractivity contribution in [3.63, 3.8) is 0 Å². The molecule has 0 heterocycles. The van der Waals surface area contributed by atoms with E-state index in [1.54, 1.807) is 28.4 Å². The van der Waals surface area contributed by atoms with Crippen LogP contribution in [0.25, 0.3) is 0 Å². The first-order valence-corrected chi connectivity index (χ1v) is 16.9. The normalized spacial score (nSPS) is 21.6. The predicted molar refractivity (Wildman–Crippen MR) is 113 cm³/mol. The fraction of sp³-hybridized carbons (Fsp3) is 1.00. The molecule has 2 aliphatic carbocycles. The summed E-state index contributed by atoms with van der Waals surface area (Å²) < 4.78 is 37.1. The maximum absolute atomic E-state index is 6.99.